The highest BCUT2D eigenvalue weighted by molar-refractivity contribution is 8.76. The van der Waals surface area contributed by atoms with Crippen molar-refractivity contribution in [2.24, 2.45) is 0 Å². The number of aliphatic hydroxyl groups excluding tert-OH is 4. The molecule has 1 heterocycles. The van der Waals surface area contributed by atoms with Gasteiger partial charge in [0.05, 0.1) is 24.4 Å². The lowest BCUT2D eigenvalue weighted by Gasteiger charge is -2.34. The van der Waals surface area contributed by atoms with Crippen LogP contribution in [0, 0.1) is 0 Å². The van der Waals surface area contributed by atoms with Gasteiger partial charge >= 0.3 is 5.97 Å². The molecule has 1 aliphatic rings. The molecule has 88 heavy (non-hydrogen) atoms. The van der Waals surface area contributed by atoms with Gasteiger partial charge in [-0.1, -0.05) is 279 Å². The molecular weight excluding hydrogens is 1130 g/mol. The fourth-order valence-electron chi connectivity index (χ4n) is 12.5. The Bertz CT molecular complexity index is 1400. The first-order valence-electron chi connectivity index (χ1n) is 38.5. The van der Waals surface area contributed by atoms with Crippen LogP contribution in [-0.4, -0.2) is 167 Å². The number of hydrogen-bond donors (Lipinski definition) is 4. The number of piperazine rings is 1. The zero-order valence-corrected chi connectivity index (χ0v) is 60.5. The van der Waals surface area contributed by atoms with Gasteiger partial charge in [-0.15, -0.1) is 0 Å². The summed E-state index contributed by atoms with van der Waals surface area (Å²) >= 11 is 0. The van der Waals surface area contributed by atoms with Crippen molar-refractivity contribution in [3.05, 3.63) is 24.3 Å². The molecule has 0 radical (unpaired) electrons. The molecule has 522 valence electrons. The number of rotatable bonds is 70. The van der Waals surface area contributed by atoms with E-state index < -0.39 is 0 Å². The lowest BCUT2D eigenvalue weighted by atomic mass is 10.0. The molecule has 1 rings (SSSR count). The zero-order valence-electron chi connectivity index (χ0n) is 58.9. The quantitative estimate of drug-likeness (QED) is 0.0201. The van der Waals surface area contributed by atoms with Crippen LogP contribution in [0.1, 0.15) is 336 Å². The van der Waals surface area contributed by atoms with E-state index in [-0.39, 0.29) is 30.4 Å². The number of hydrogen-bond acceptors (Lipinski definition) is 12. The summed E-state index contributed by atoms with van der Waals surface area (Å²) in [6.45, 7) is 19.7. The van der Waals surface area contributed by atoms with E-state index >= 15 is 0 Å². The molecule has 1 aliphatic heterocycles. The molecule has 0 aromatic rings. The van der Waals surface area contributed by atoms with E-state index in [1.807, 2.05) is 21.6 Å². The number of aliphatic hydroxyl groups is 4. The van der Waals surface area contributed by atoms with Gasteiger partial charge in [-0.3, -0.25) is 24.4 Å². The van der Waals surface area contributed by atoms with Gasteiger partial charge in [0, 0.05) is 83.4 Å². The Morgan fingerprint density at radius 3 is 1.02 bits per heavy atom. The first-order valence-corrected chi connectivity index (χ1v) is 41.0. The Morgan fingerprint density at radius 1 is 0.375 bits per heavy atom. The molecule has 0 aromatic heterocycles. The summed E-state index contributed by atoms with van der Waals surface area (Å²) < 4.78 is 5.73. The topological polar surface area (TPSA) is 120 Å². The van der Waals surface area contributed by atoms with E-state index in [1.165, 1.54) is 231 Å². The summed E-state index contributed by atoms with van der Waals surface area (Å²) in [5.41, 5.74) is 0. The maximum Gasteiger partial charge on any atom is 0.305 e. The standard InChI is InChI=1S/C76H150N4O6S2/c1-5-9-13-17-21-25-27-29-31-33-35-39-43-47-54-74(83)70-80(71-75(84)55-48-44-40-36-34-32-30-28-26-22-18-14-10-6-2)58-51-66-87-88-67-64-78-61-59-77(60-62-78)63-65-86-76(85)56-49-50-57-79(68-72(81)52-45-41-37-23-19-15-11-7-3)69-73(82)53-46-42-38-24-20-16-12-8-4/h29-32,72-75,81-84H,5-28,33-71H2,1-4H3/b31-29-,32-30-/t72?,73?,74-,75-/m0/s1. The lowest BCUT2D eigenvalue weighted by molar-refractivity contribution is -0.144. The van der Waals surface area contributed by atoms with Crippen molar-refractivity contribution < 1.29 is 30.0 Å². The van der Waals surface area contributed by atoms with Crippen LogP contribution in [0.5, 0.6) is 0 Å². The minimum Gasteiger partial charge on any atom is -0.464 e. The molecule has 0 aliphatic carbocycles. The highest BCUT2D eigenvalue weighted by atomic mass is 33.1. The Balaban J connectivity index is 2.40. The van der Waals surface area contributed by atoms with Crippen LogP contribution in [-0.2, 0) is 9.53 Å². The predicted molar refractivity (Wildman–Crippen MR) is 388 cm³/mol. The van der Waals surface area contributed by atoms with Crippen molar-refractivity contribution in [1.29, 1.82) is 0 Å². The van der Waals surface area contributed by atoms with E-state index in [1.54, 1.807) is 0 Å². The third-order valence-electron chi connectivity index (χ3n) is 18.3. The van der Waals surface area contributed by atoms with Crippen molar-refractivity contribution in [3.8, 4) is 0 Å². The second kappa shape index (κ2) is 67.7. The van der Waals surface area contributed by atoms with Gasteiger partial charge in [-0.05, 0) is 109 Å². The first kappa shape index (κ1) is 85.3. The minimum absolute atomic E-state index is 0.116. The van der Waals surface area contributed by atoms with Crippen molar-refractivity contribution >= 4 is 27.6 Å². The van der Waals surface area contributed by atoms with Crippen LogP contribution >= 0.6 is 21.6 Å². The van der Waals surface area contributed by atoms with Crippen LogP contribution in [0.15, 0.2) is 24.3 Å². The van der Waals surface area contributed by atoms with E-state index in [9.17, 15) is 25.2 Å². The third-order valence-corrected chi connectivity index (χ3v) is 20.7. The van der Waals surface area contributed by atoms with Gasteiger partial charge in [0.2, 0.25) is 0 Å². The Labute approximate surface area is 555 Å². The lowest BCUT2D eigenvalue weighted by Crippen LogP contribution is -2.47. The van der Waals surface area contributed by atoms with E-state index in [0.717, 1.165) is 134 Å². The molecule has 4 atom stereocenters. The number of unbranched alkanes of at least 4 members (excludes halogenated alkanes) is 35. The average molecular weight is 1280 g/mol. The highest BCUT2D eigenvalue weighted by Gasteiger charge is 2.20. The fourth-order valence-corrected chi connectivity index (χ4v) is 14.6. The first-order chi connectivity index (χ1) is 43.2. The molecule has 1 fully saturated rings. The molecule has 4 N–H and O–H groups in total. The summed E-state index contributed by atoms with van der Waals surface area (Å²) in [6.07, 6.45) is 65.4. The molecule has 0 aromatic carbocycles. The van der Waals surface area contributed by atoms with Crippen LogP contribution in [0.2, 0.25) is 0 Å². The Kier molecular flexibility index (Phi) is 65.7. The fraction of sp³-hybridized carbons (Fsp3) is 0.934. The maximum absolute atomic E-state index is 12.8. The maximum atomic E-state index is 12.8. The van der Waals surface area contributed by atoms with Crippen LogP contribution in [0.4, 0.5) is 0 Å². The monoisotopic (exact) mass is 1280 g/mol. The van der Waals surface area contributed by atoms with Crippen LogP contribution in [0.3, 0.4) is 0 Å². The zero-order chi connectivity index (χ0) is 63.7. The summed E-state index contributed by atoms with van der Waals surface area (Å²) in [5, 5.41) is 44.4. The minimum atomic E-state index is -0.378. The summed E-state index contributed by atoms with van der Waals surface area (Å²) in [4.78, 5) is 22.4. The number of ether oxygens (including phenoxy) is 1. The normalized spacial score (nSPS) is 15.0. The van der Waals surface area contributed by atoms with Crippen LogP contribution < -0.4 is 0 Å². The Morgan fingerprint density at radius 2 is 0.670 bits per heavy atom. The SMILES string of the molecule is CCCCCCCC/C=C\CCCCCC[C@H](O)CN(CCCSSCCN1CCN(CCOC(=O)CCCCN(CC(O)CCCCCCCCCC)CC(O)CCCCCCCCCC)CC1)C[C@@H](O)CCCCCC/C=C\CCCCCCCC. The van der Waals surface area contributed by atoms with Crippen molar-refractivity contribution in [1.82, 2.24) is 19.6 Å². The molecule has 0 amide bonds. The third kappa shape index (κ3) is 60.3. The molecule has 12 heteroatoms. The number of nitrogens with zero attached hydrogens (tertiary/aromatic N) is 4. The number of esters is 1. The van der Waals surface area contributed by atoms with E-state index in [2.05, 4.69) is 71.6 Å². The molecular formula is C76H150N4O6S2. The van der Waals surface area contributed by atoms with Gasteiger partial charge < -0.3 is 25.2 Å². The number of carbonyl (C=O) groups is 1. The van der Waals surface area contributed by atoms with Crippen molar-refractivity contribution in [2.45, 2.75) is 360 Å². The predicted octanol–water partition coefficient (Wildman–Crippen LogP) is 19.5. The summed E-state index contributed by atoms with van der Waals surface area (Å²) in [5.74, 6) is 2.06. The van der Waals surface area contributed by atoms with Crippen LogP contribution in [0.25, 0.3) is 0 Å². The van der Waals surface area contributed by atoms with Gasteiger partial charge in [-0.25, -0.2) is 0 Å². The smallest absolute Gasteiger partial charge is 0.305 e. The second-order valence-electron chi connectivity index (χ2n) is 27.1. The number of allylic oxidation sites excluding steroid dienone is 4. The largest absolute Gasteiger partial charge is 0.464 e. The Hall–Kier alpha value is -0.670. The number of carbonyl (C=O) groups excluding carboxylic acids is 1. The second-order valence-corrected chi connectivity index (χ2v) is 29.8. The molecule has 0 bridgehead atoms. The van der Waals surface area contributed by atoms with Gasteiger partial charge in [-0.2, -0.15) is 0 Å². The van der Waals surface area contributed by atoms with Gasteiger partial charge in [0.1, 0.15) is 6.61 Å². The molecule has 0 spiro atoms. The summed E-state index contributed by atoms with van der Waals surface area (Å²) in [6, 6.07) is 0. The average Bonchev–Trinajstić information content (AvgIpc) is 3.71. The molecule has 0 saturated carbocycles. The van der Waals surface area contributed by atoms with E-state index in [4.69, 9.17) is 4.74 Å². The van der Waals surface area contributed by atoms with Crippen molar-refractivity contribution in [3.63, 3.8) is 0 Å². The highest BCUT2D eigenvalue weighted by Crippen LogP contribution is 2.23. The molecule has 1 saturated heterocycles. The van der Waals surface area contributed by atoms with Crippen molar-refractivity contribution in [2.75, 3.05) is 96.6 Å². The molecule has 10 nitrogen and oxygen atoms in total. The van der Waals surface area contributed by atoms with Gasteiger partial charge in [0.15, 0.2) is 0 Å². The summed E-state index contributed by atoms with van der Waals surface area (Å²) in [7, 11) is 3.95. The van der Waals surface area contributed by atoms with E-state index in [0.29, 0.717) is 39.2 Å². The molecule has 2 unspecified atom stereocenters. The van der Waals surface area contributed by atoms with Gasteiger partial charge in [0.25, 0.3) is 0 Å².